The third-order valence-electron chi connectivity index (χ3n) is 3.46. The molecule has 0 saturated carbocycles. The maximum atomic E-state index is 11.4. The number of hydrogen-bond acceptors (Lipinski definition) is 2. The molecule has 1 N–H and O–H groups in total. The molecule has 0 aliphatic heterocycles. The molecule has 100 valence electrons. The fourth-order valence-corrected chi connectivity index (χ4v) is 2.48. The van der Waals surface area contributed by atoms with Gasteiger partial charge in [0.1, 0.15) is 0 Å². The lowest BCUT2D eigenvalue weighted by Crippen LogP contribution is -2.00. The number of aromatic carboxylic acids is 1. The smallest absolute Gasteiger partial charge is 0.336 e. The third kappa shape index (κ3) is 2.24. The lowest BCUT2D eigenvalue weighted by molar-refractivity contribution is 0.0698. The van der Waals surface area contributed by atoms with E-state index in [1.165, 1.54) is 12.1 Å². The van der Waals surface area contributed by atoms with Crippen molar-refractivity contribution in [1.29, 1.82) is 5.26 Å². The first-order valence-electron chi connectivity index (χ1n) is 6.46. The first-order valence-corrected chi connectivity index (χ1v) is 6.46. The van der Waals surface area contributed by atoms with Crippen molar-refractivity contribution in [1.82, 2.24) is 0 Å². The number of fused-ring (bicyclic) bond motifs is 1. The molecule has 3 heteroatoms. The third-order valence-corrected chi connectivity index (χ3v) is 3.46. The molecule has 0 aromatic heterocycles. The van der Waals surface area contributed by atoms with Crippen molar-refractivity contribution in [2.24, 2.45) is 0 Å². The van der Waals surface area contributed by atoms with Gasteiger partial charge in [0.15, 0.2) is 0 Å². The van der Waals surface area contributed by atoms with Gasteiger partial charge in [0.25, 0.3) is 0 Å². The van der Waals surface area contributed by atoms with Crippen molar-refractivity contribution in [3.8, 4) is 17.2 Å². The SMILES string of the molecule is N#Cc1ccc(C(=O)O)c(-c2cccc3ccccc23)c1. The van der Waals surface area contributed by atoms with E-state index in [2.05, 4.69) is 6.07 Å². The van der Waals surface area contributed by atoms with Crippen molar-refractivity contribution in [2.45, 2.75) is 0 Å². The van der Waals surface area contributed by atoms with Gasteiger partial charge >= 0.3 is 5.97 Å². The number of rotatable bonds is 2. The van der Waals surface area contributed by atoms with Gasteiger partial charge in [0.05, 0.1) is 17.2 Å². The molecule has 0 unspecified atom stereocenters. The van der Waals surface area contributed by atoms with Crippen molar-refractivity contribution in [3.63, 3.8) is 0 Å². The number of carboxylic acid groups (broad SMARTS) is 1. The highest BCUT2D eigenvalue weighted by molar-refractivity contribution is 6.03. The van der Waals surface area contributed by atoms with Crippen LogP contribution >= 0.6 is 0 Å². The molecular formula is C18H11NO2. The monoisotopic (exact) mass is 273 g/mol. The summed E-state index contributed by atoms with van der Waals surface area (Å²) in [5.74, 6) is -0.998. The molecule has 21 heavy (non-hydrogen) atoms. The van der Waals surface area contributed by atoms with Crippen LogP contribution in [0.5, 0.6) is 0 Å². The Kier molecular flexibility index (Phi) is 3.13. The summed E-state index contributed by atoms with van der Waals surface area (Å²) >= 11 is 0. The Labute approximate surface area is 121 Å². The summed E-state index contributed by atoms with van der Waals surface area (Å²) < 4.78 is 0. The number of hydrogen-bond donors (Lipinski definition) is 1. The van der Waals surface area contributed by atoms with Crippen LogP contribution in [0.2, 0.25) is 0 Å². The molecular weight excluding hydrogens is 262 g/mol. The largest absolute Gasteiger partial charge is 0.478 e. The number of benzene rings is 3. The van der Waals surface area contributed by atoms with Gasteiger partial charge in [-0.1, -0.05) is 42.5 Å². The highest BCUT2D eigenvalue weighted by Gasteiger charge is 2.14. The van der Waals surface area contributed by atoms with Gasteiger partial charge < -0.3 is 5.11 Å². The van der Waals surface area contributed by atoms with Crippen molar-refractivity contribution < 1.29 is 9.90 Å². The maximum absolute atomic E-state index is 11.4. The zero-order valence-electron chi connectivity index (χ0n) is 11.1. The quantitative estimate of drug-likeness (QED) is 0.765. The lowest BCUT2D eigenvalue weighted by atomic mass is 9.93. The highest BCUT2D eigenvalue weighted by atomic mass is 16.4. The molecule has 0 amide bonds. The zero-order valence-corrected chi connectivity index (χ0v) is 11.1. The molecule has 3 rings (SSSR count). The zero-order chi connectivity index (χ0) is 14.8. The van der Waals surface area contributed by atoms with Gasteiger partial charge in [0.2, 0.25) is 0 Å². The molecule has 0 bridgehead atoms. The maximum Gasteiger partial charge on any atom is 0.336 e. The second-order valence-electron chi connectivity index (χ2n) is 4.70. The minimum absolute atomic E-state index is 0.199. The predicted molar refractivity (Wildman–Crippen MR) is 81.1 cm³/mol. The van der Waals surface area contributed by atoms with E-state index >= 15 is 0 Å². The minimum atomic E-state index is -0.998. The summed E-state index contributed by atoms with van der Waals surface area (Å²) in [5, 5.41) is 20.4. The fourth-order valence-electron chi connectivity index (χ4n) is 2.48. The first-order chi connectivity index (χ1) is 10.2. The van der Waals surface area contributed by atoms with Gasteiger partial charge in [-0.15, -0.1) is 0 Å². The van der Waals surface area contributed by atoms with Crippen molar-refractivity contribution >= 4 is 16.7 Å². The molecule has 0 aliphatic rings. The Morgan fingerprint density at radius 2 is 1.71 bits per heavy atom. The van der Waals surface area contributed by atoms with Gasteiger partial charge in [-0.2, -0.15) is 5.26 Å². The van der Waals surface area contributed by atoms with Gasteiger partial charge in [-0.25, -0.2) is 4.79 Å². The van der Waals surface area contributed by atoms with E-state index < -0.39 is 5.97 Å². The van der Waals surface area contributed by atoms with Crippen molar-refractivity contribution in [3.05, 3.63) is 71.8 Å². The van der Waals surface area contributed by atoms with Gasteiger partial charge in [0, 0.05) is 0 Å². The van der Waals surface area contributed by atoms with Crippen molar-refractivity contribution in [2.75, 3.05) is 0 Å². The number of nitrogens with zero attached hydrogens (tertiary/aromatic N) is 1. The van der Waals surface area contributed by atoms with E-state index in [4.69, 9.17) is 5.26 Å². The van der Waals surface area contributed by atoms with Crippen LogP contribution in [0.3, 0.4) is 0 Å². The second kappa shape index (κ2) is 5.10. The Hall–Kier alpha value is -3.12. The Balaban J connectivity index is 2.37. The summed E-state index contributed by atoms with van der Waals surface area (Å²) in [6.45, 7) is 0. The first kappa shape index (κ1) is 12.9. The van der Waals surface area contributed by atoms with Crippen LogP contribution in [-0.4, -0.2) is 11.1 Å². The van der Waals surface area contributed by atoms with Gasteiger partial charge in [-0.3, -0.25) is 0 Å². The average Bonchev–Trinajstić information content (AvgIpc) is 2.53. The normalized spacial score (nSPS) is 10.2. The van der Waals surface area contributed by atoms with E-state index in [9.17, 15) is 9.90 Å². The molecule has 0 aliphatic carbocycles. The lowest BCUT2D eigenvalue weighted by Gasteiger charge is -2.10. The Morgan fingerprint density at radius 3 is 2.48 bits per heavy atom. The van der Waals surface area contributed by atoms with E-state index in [1.807, 2.05) is 42.5 Å². The van der Waals surface area contributed by atoms with Crippen LogP contribution in [0.25, 0.3) is 21.9 Å². The average molecular weight is 273 g/mol. The number of carbonyl (C=O) groups is 1. The summed E-state index contributed by atoms with van der Waals surface area (Å²) in [6.07, 6.45) is 0. The minimum Gasteiger partial charge on any atom is -0.478 e. The summed E-state index contributed by atoms with van der Waals surface area (Å²) in [7, 11) is 0. The number of carboxylic acids is 1. The van der Waals surface area contributed by atoms with E-state index in [0.29, 0.717) is 11.1 Å². The van der Waals surface area contributed by atoms with E-state index in [0.717, 1.165) is 16.3 Å². The fraction of sp³-hybridized carbons (Fsp3) is 0. The molecule has 0 fully saturated rings. The molecule has 0 atom stereocenters. The van der Waals surface area contributed by atoms with Crippen LogP contribution < -0.4 is 0 Å². The Bertz CT molecular complexity index is 886. The van der Waals surface area contributed by atoms with E-state index in [1.54, 1.807) is 6.07 Å². The molecule has 0 spiro atoms. The number of nitriles is 1. The van der Waals surface area contributed by atoms with Crippen LogP contribution in [0.4, 0.5) is 0 Å². The predicted octanol–water partition coefficient (Wildman–Crippen LogP) is 4.08. The highest BCUT2D eigenvalue weighted by Crippen LogP contribution is 2.31. The summed E-state index contributed by atoms with van der Waals surface area (Å²) in [4.78, 5) is 11.4. The summed E-state index contributed by atoms with van der Waals surface area (Å²) in [6, 6.07) is 20.2. The second-order valence-corrected chi connectivity index (χ2v) is 4.70. The van der Waals surface area contributed by atoms with Crippen LogP contribution in [-0.2, 0) is 0 Å². The van der Waals surface area contributed by atoms with E-state index in [-0.39, 0.29) is 5.56 Å². The molecule has 0 heterocycles. The molecule has 0 radical (unpaired) electrons. The summed E-state index contributed by atoms with van der Waals surface area (Å²) in [5.41, 5.74) is 2.04. The van der Waals surface area contributed by atoms with Crippen LogP contribution in [0.1, 0.15) is 15.9 Å². The molecule has 3 aromatic carbocycles. The topological polar surface area (TPSA) is 61.1 Å². The standard InChI is InChI=1S/C18H11NO2/c19-11-12-8-9-16(18(20)21)17(10-12)15-7-3-5-13-4-1-2-6-14(13)15/h1-10H,(H,20,21). The molecule has 3 nitrogen and oxygen atoms in total. The van der Waals surface area contributed by atoms with Gasteiger partial charge in [-0.05, 0) is 40.1 Å². The Morgan fingerprint density at radius 1 is 0.952 bits per heavy atom. The van der Waals surface area contributed by atoms with Crippen LogP contribution in [0, 0.1) is 11.3 Å². The van der Waals surface area contributed by atoms with Crippen LogP contribution in [0.15, 0.2) is 60.7 Å². The molecule has 3 aromatic rings. The molecule has 0 saturated heterocycles.